The molecule has 19 heavy (non-hydrogen) atoms. The normalized spacial score (nSPS) is 14.1. The van der Waals surface area contributed by atoms with Crippen LogP contribution in [-0.2, 0) is 0 Å². The van der Waals surface area contributed by atoms with Gasteiger partial charge >= 0.3 is 0 Å². The molecule has 1 N–H and O–H groups in total. The Morgan fingerprint density at radius 1 is 1.05 bits per heavy atom. The summed E-state index contributed by atoms with van der Waals surface area (Å²) >= 11 is 1.82. The van der Waals surface area contributed by atoms with E-state index in [1.165, 1.54) is 16.0 Å². The number of nitrogens with one attached hydrogen (secondary N) is 1. The molecular formula is C16H21NOS. The van der Waals surface area contributed by atoms with E-state index >= 15 is 0 Å². The average Bonchev–Trinajstić information content (AvgIpc) is 2.85. The molecule has 0 amide bonds. The number of ether oxygens (including phenoxy) is 1. The summed E-state index contributed by atoms with van der Waals surface area (Å²) in [5.41, 5.74) is 2.65. The van der Waals surface area contributed by atoms with Crippen LogP contribution in [0.2, 0.25) is 0 Å². The topological polar surface area (TPSA) is 21.3 Å². The van der Waals surface area contributed by atoms with Crippen molar-refractivity contribution in [2.24, 2.45) is 0 Å². The standard InChI is InChI=1S/C16H21NOS/c1-11-9-10-19-16(11)13(3)17-12(2)14-5-7-15(18-4)8-6-14/h5-10,12-13,17H,1-4H3/t12-,13?/m1/s1. The molecule has 0 bridgehead atoms. The van der Waals surface area contributed by atoms with Gasteiger partial charge < -0.3 is 10.1 Å². The first-order valence-electron chi connectivity index (χ1n) is 6.55. The van der Waals surface area contributed by atoms with Crippen LogP contribution in [-0.4, -0.2) is 7.11 Å². The van der Waals surface area contributed by atoms with Crippen LogP contribution in [0.25, 0.3) is 0 Å². The summed E-state index contributed by atoms with van der Waals surface area (Å²) in [5, 5.41) is 5.80. The Labute approximate surface area is 119 Å². The van der Waals surface area contributed by atoms with Crippen molar-refractivity contribution in [1.29, 1.82) is 0 Å². The number of aryl methyl sites for hydroxylation is 1. The zero-order chi connectivity index (χ0) is 13.8. The minimum Gasteiger partial charge on any atom is -0.497 e. The molecule has 1 aromatic carbocycles. The van der Waals surface area contributed by atoms with Crippen molar-refractivity contribution in [2.75, 3.05) is 7.11 Å². The van der Waals surface area contributed by atoms with Gasteiger partial charge in [-0.2, -0.15) is 0 Å². The Balaban J connectivity index is 2.04. The predicted octanol–water partition coefficient (Wildman–Crippen LogP) is 4.48. The molecule has 0 saturated carbocycles. The van der Waals surface area contributed by atoms with Gasteiger partial charge in [0.1, 0.15) is 5.75 Å². The van der Waals surface area contributed by atoms with Crippen LogP contribution in [0.5, 0.6) is 5.75 Å². The molecule has 2 rings (SSSR count). The molecule has 0 radical (unpaired) electrons. The van der Waals surface area contributed by atoms with Crippen LogP contribution in [0.4, 0.5) is 0 Å². The summed E-state index contributed by atoms with van der Waals surface area (Å²) in [6.07, 6.45) is 0. The fourth-order valence-electron chi connectivity index (χ4n) is 2.27. The number of rotatable bonds is 5. The maximum Gasteiger partial charge on any atom is 0.118 e. The number of hydrogen-bond acceptors (Lipinski definition) is 3. The molecule has 1 heterocycles. The quantitative estimate of drug-likeness (QED) is 0.869. The summed E-state index contributed by atoms with van der Waals surface area (Å²) < 4.78 is 5.19. The molecule has 2 aromatic rings. The highest BCUT2D eigenvalue weighted by molar-refractivity contribution is 7.10. The first-order chi connectivity index (χ1) is 9.11. The average molecular weight is 275 g/mol. The van der Waals surface area contributed by atoms with Crippen LogP contribution >= 0.6 is 11.3 Å². The first-order valence-corrected chi connectivity index (χ1v) is 7.43. The minimum absolute atomic E-state index is 0.322. The van der Waals surface area contributed by atoms with E-state index < -0.39 is 0 Å². The molecule has 0 saturated heterocycles. The highest BCUT2D eigenvalue weighted by atomic mass is 32.1. The van der Waals surface area contributed by atoms with Crippen LogP contribution < -0.4 is 10.1 Å². The Bertz CT molecular complexity index is 518. The van der Waals surface area contributed by atoms with E-state index in [0.29, 0.717) is 12.1 Å². The molecule has 102 valence electrons. The maximum absolute atomic E-state index is 5.19. The third-order valence-electron chi connectivity index (χ3n) is 3.41. The number of hydrogen-bond donors (Lipinski definition) is 1. The van der Waals surface area contributed by atoms with Crippen LogP contribution in [0, 0.1) is 6.92 Å². The van der Waals surface area contributed by atoms with Crippen LogP contribution in [0.15, 0.2) is 35.7 Å². The van der Waals surface area contributed by atoms with Gasteiger partial charge in [0, 0.05) is 17.0 Å². The first kappa shape index (κ1) is 14.1. The van der Waals surface area contributed by atoms with Crippen molar-refractivity contribution < 1.29 is 4.74 Å². The molecule has 3 heteroatoms. The van der Waals surface area contributed by atoms with Crippen molar-refractivity contribution in [3.63, 3.8) is 0 Å². The van der Waals surface area contributed by atoms with Gasteiger partial charge in [-0.1, -0.05) is 12.1 Å². The SMILES string of the molecule is COc1ccc([C@@H](C)NC(C)c2sccc2C)cc1. The summed E-state index contributed by atoms with van der Waals surface area (Å²) in [5.74, 6) is 0.901. The lowest BCUT2D eigenvalue weighted by Crippen LogP contribution is -2.22. The van der Waals surface area contributed by atoms with Crippen molar-refractivity contribution in [1.82, 2.24) is 5.32 Å². The predicted molar refractivity (Wildman–Crippen MR) is 82.0 cm³/mol. The summed E-state index contributed by atoms with van der Waals surface area (Å²) in [7, 11) is 1.69. The van der Waals surface area contributed by atoms with Crippen molar-refractivity contribution in [3.05, 3.63) is 51.7 Å². The number of benzene rings is 1. The van der Waals surface area contributed by atoms with E-state index in [0.717, 1.165) is 5.75 Å². The molecule has 0 aliphatic heterocycles. The van der Waals surface area contributed by atoms with Crippen molar-refractivity contribution >= 4 is 11.3 Å². The molecular weight excluding hydrogens is 254 g/mol. The summed E-state index contributed by atoms with van der Waals surface area (Å²) in [6, 6.07) is 11.1. The fraction of sp³-hybridized carbons (Fsp3) is 0.375. The second-order valence-corrected chi connectivity index (χ2v) is 5.80. The van der Waals surface area contributed by atoms with Gasteiger partial charge in [0.15, 0.2) is 0 Å². The molecule has 0 fully saturated rings. The molecule has 2 atom stereocenters. The van der Waals surface area contributed by atoms with E-state index in [4.69, 9.17) is 4.74 Å². The van der Waals surface area contributed by atoms with Crippen LogP contribution in [0.1, 0.15) is 41.9 Å². The lowest BCUT2D eigenvalue weighted by atomic mass is 10.1. The van der Waals surface area contributed by atoms with Gasteiger partial charge in [-0.05, 0) is 55.5 Å². The number of thiophene rings is 1. The summed E-state index contributed by atoms with van der Waals surface area (Å²) in [6.45, 7) is 6.59. The van der Waals surface area contributed by atoms with Gasteiger partial charge in [0.05, 0.1) is 7.11 Å². The van der Waals surface area contributed by atoms with Gasteiger partial charge in [0.2, 0.25) is 0 Å². The monoisotopic (exact) mass is 275 g/mol. The minimum atomic E-state index is 0.322. The summed E-state index contributed by atoms with van der Waals surface area (Å²) in [4.78, 5) is 1.42. The Morgan fingerprint density at radius 3 is 2.26 bits per heavy atom. The fourth-order valence-corrected chi connectivity index (χ4v) is 3.21. The molecule has 0 aliphatic rings. The van der Waals surface area contributed by atoms with E-state index in [9.17, 15) is 0 Å². The van der Waals surface area contributed by atoms with Gasteiger partial charge in [-0.25, -0.2) is 0 Å². The molecule has 0 spiro atoms. The largest absolute Gasteiger partial charge is 0.497 e. The third kappa shape index (κ3) is 3.37. The van der Waals surface area contributed by atoms with E-state index in [-0.39, 0.29) is 0 Å². The Hall–Kier alpha value is -1.32. The van der Waals surface area contributed by atoms with Gasteiger partial charge in [-0.3, -0.25) is 0 Å². The van der Waals surface area contributed by atoms with E-state index in [1.807, 2.05) is 23.5 Å². The van der Waals surface area contributed by atoms with Crippen molar-refractivity contribution in [2.45, 2.75) is 32.9 Å². The Morgan fingerprint density at radius 2 is 1.74 bits per heavy atom. The molecule has 1 unspecified atom stereocenters. The van der Waals surface area contributed by atoms with Crippen molar-refractivity contribution in [3.8, 4) is 5.75 Å². The molecule has 1 aromatic heterocycles. The van der Waals surface area contributed by atoms with Gasteiger partial charge in [0.25, 0.3) is 0 Å². The zero-order valence-electron chi connectivity index (χ0n) is 11.9. The highest BCUT2D eigenvalue weighted by Gasteiger charge is 2.13. The number of methoxy groups -OCH3 is 1. The third-order valence-corrected chi connectivity index (χ3v) is 4.61. The second kappa shape index (κ2) is 6.22. The highest BCUT2D eigenvalue weighted by Crippen LogP contribution is 2.26. The lowest BCUT2D eigenvalue weighted by molar-refractivity contribution is 0.414. The van der Waals surface area contributed by atoms with E-state index in [1.54, 1.807) is 7.11 Å². The van der Waals surface area contributed by atoms with E-state index in [2.05, 4.69) is 49.7 Å². The molecule has 0 aliphatic carbocycles. The maximum atomic E-state index is 5.19. The zero-order valence-corrected chi connectivity index (χ0v) is 12.8. The molecule has 2 nitrogen and oxygen atoms in total. The lowest BCUT2D eigenvalue weighted by Gasteiger charge is -2.20. The van der Waals surface area contributed by atoms with Crippen LogP contribution in [0.3, 0.4) is 0 Å². The smallest absolute Gasteiger partial charge is 0.118 e. The second-order valence-electron chi connectivity index (χ2n) is 4.85. The van der Waals surface area contributed by atoms with Gasteiger partial charge in [-0.15, -0.1) is 11.3 Å². The Kier molecular flexibility index (Phi) is 4.61.